The lowest BCUT2D eigenvalue weighted by atomic mass is 10.00. The van der Waals surface area contributed by atoms with Crippen LogP contribution in [0.1, 0.15) is 70.9 Å². The molecule has 8 atom stereocenters. The van der Waals surface area contributed by atoms with Gasteiger partial charge in [0.05, 0.1) is 12.5 Å². The van der Waals surface area contributed by atoms with Gasteiger partial charge in [-0.2, -0.15) is 0 Å². The number of rotatable bonds is 15. The molecule has 0 bridgehead atoms. The minimum absolute atomic E-state index is 0.0461. The summed E-state index contributed by atoms with van der Waals surface area (Å²) in [6, 6.07) is 5.69. The number of nitrogens with two attached hydrogens (primary N) is 3. The zero-order valence-electron chi connectivity index (χ0n) is 38.5. The minimum Gasteiger partial charge on any atom is -0.391 e. The minimum atomic E-state index is -1.58. The van der Waals surface area contributed by atoms with Crippen molar-refractivity contribution in [3.63, 3.8) is 0 Å². The van der Waals surface area contributed by atoms with Gasteiger partial charge in [-0.05, 0) is 87.8 Å². The van der Waals surface area contributed by atoms with Crippen LogP contribution in [0.2, 0.25) is 0 Å². The fourth-order valence-corrected chi connectivity index (χ4v) is 7.20. The smallest absolute Gasteiger partial charge is 0.245 e. The van der Waals surface area contributed by atoms with Gasteiger partial charge in [0.1, 0.15) is 42.3 Å². The summed E-state index contributed by atoms with van der Waals surface area (Å²) in [5.41, 5.74) is 19.1. The Labute approximate surface area is 390 Å². The first kappa shape index (κ1) is 54.8. The molecule has 1 aliphatic heterocycles. The van der Waals surface area contributed by atoms with Gasteiger partial charge < -0.3 is 70.2 Å². The third-order valence-electron chi connectivity index (χ3n) is 10.6. The first-order valence-corrected chi connectivity index (χ1v) is 22.4. The molecule has 0 aromatic heterocycles. The maximum absolute atomic E-state index is 14.2. The molecule has 1 aliphatic rings. The molecule has 0 unspecified atom stereocenters. The Morgan fingerprint density at radius 2 is 1.13 bits per heavy atom. The largest absolute Gasteiger partial charge is 0.391 e. The van der Waals surface area contributed by atoms with Crippen LogP contribution in [0.3, 0.4) is 0 Å². The highest BCUT2D eigenvalue weighted by atomic mass is 16.3. The number of amides is 9. The van der Waals surface area contributed by atoms with E-state index in [4.69, 9.17) is 17.2 Å². The SMILES string of the molecule is CC(=O)Nc1cccc(CC(=O)N[C@H]2CCNC(=O)[C@H]([C@@H](C)O)NC(=O)[C@H](CCN)NC(=O)[C@H](CCN)NC(=O)[C@H](CC(C)C)NC(=O)[C@@H](Cc3ccccc3)NC(=O)[C@H](CCN)NC2=O)c1. The number of hydrogen-bond acceptors (Lipinski definition) is 13. The van der Waals surface area contributed by atoms with Gasteiger partial charge in [0.15, 0.2) is 0 Å². The summed E-state index contributed by atoms with van der Waals surface area (Å²) in [7, 11) is 0. The van der Waals surface area contributed by atoms with Gasteiger partial charge in [0.25, 0.3) is 0 Å². The first-order chi connectivity index (χ1) is 31.8. The molecule has 2 aromatic carbocycles. The molecule has 16 N–H and O–H groups in total. The standard InChI is InChI=1S/C45H68N12O10/c1-25(2)21-35-43(65)54-31(13-17-46)39(61)53-33(15-19-48)42(64)57-38(26(3)58)45(67)49-20-16-34(51-37(60)24-29-11-8-12-30(22-29)50-27(4)59)41(63)52-32(14-18-47)40(62)56-36(44(66)55-35)23-28-9-6-5-7-10-28/h5-12,22,25-26,31-36,38,58H,13-21,23-24,46-48H2,1-4H3,(H,49,67)(H,50,59)(H,51,60)(H,52,63)(H,53,61)(H,54,65)(H,55,66)(H,56,62)(H,57,64)/t26-,31+,32+,33+,34+,35+,36-,38+/m1/s1. The Morgan fingerprint density at radius 3 is 1.67 bits per heavy atom. The monoisotopic (exact) mass is 937 g/mol. The number of aliphatic hydroxyl groups excluding tert-OH is 1. The van der Waals surface area contributed by atoms with Crippen LogP contribution in [0.5, 0.6) is 0 Å². The van der Waals surface area contributed by atoms with Crippen molar-refractivity contribution >= 4 is 58.9 Å². The predicted octanol–water partition coefficient (Wildman–Crippen LogP) is -3.18. The Hall–Kier alpha value is -6.49. The highest BCUT2D eigenvalue weighted by Gasteiger charge is 2.35. The lowest BCUT2D eigenvalue weighted by Crippen LogP contribution is -2.61. The molecule has 67 heavy (non-hydrogen) atoms. The van der Waals surface area contributed by atoms with Crippen molar-refractivity contribution in [3.05, 3.63) is 65.7 Å². The number of benzene rings is 2. The molecule has 0 radical (unpaired) electrons. The highest BCUT2D eigenvalue weighted by molar-refractivity contribution is 5.98. The molecule has 1 saturated heterocycles. The summed E-state index contributed by atoms with van der Waals surface area (Å²) in [6.45, 7) is 5.64. The third-order valence-corrected chi connectivity index (χ3v) is 10.6. The van der Waals surface area contributed by atoms with Crippen molar-refractivity contribution < 1.29 is 48.3 Å². The van der Waals surface area contributed by atoms with E-state index in [1.54, 1.807) is 54.6 Å². The topological polar surface area (TPSA) is 360 Å². The molecule has 0 saturated carbocycles. The molecular formula is C45H68N12O10. The number of carbonyl (C=O) groups excluding carboxylic acids is 9. The zero-order valence-corrected chi connectivity index (χ0v) is 38.5. The zero-order chi connectivity index (χ0) is 49.6. The number of nitrogens with one attached hydrogen (secondary N) is 9. The number of hydrogen-bond donors (Lipinski definition) is 13. The molecule has 9 amide bonds. The third kappa shape index (κ3) is 18.7. The second kappa shape index (κ2) is 27.9. The van der Waals surface area contributed by atoms with E-state index in [9.17, 15) is 48.3 Å². The van der Waals surface area contributed by atoms with E-state index in [0.29, 0.717) is 16.8 Å². The quantitative estimate of drug-likeness (QED) is 0.0839. The predicted molar refractivity (Wildman–Crippen MR) is 248 cm³/mol. The fourth-order valence-electron chi connectivity index (χ4n) is 7.20. The van der Waals surface area contributed by atoms with Gasteiger partial charge in [-0.15, -0.1) is 0 Å². The van der Waals surface area contributed by atoms with Gasteiger partial charge in [0, 0.05) is 25.6 Å². The first-order valence-electron chi connectivity index (χ1n) is 22.4. The van der Waals surface area contributed by atoms with E-state index in [0.717, 1.165) is 0 Å². The van der Waals surface area contributed by atoms with Crippen LogP contribution in [0.25, 0.3) is 0 Å². The molecule has 1 heterocycles. The Morgan fingerprint density at radius 1 is 0.642 bits per heavy atom. The molecule has 0 spiro atoms. The molecule has 3 rings (SSSR count). The maximum Gasteiger partial charge on any atom is 0.245 e. The summed E-state index contributed by atoms with van der Waals surface area (Å²) in [4.78, 5) is 123. The summed E-state index contributed by atoms with van der Waals surface area (Å²) in [6.07, 6.45) is -2.24. The van der Waals surface area contributed by atoms with Crippen LogP contribution >= 0.6 is 0 Å². The van der Waals surface area contributed by atoms with E-state index >= 15 is 0 Å². The average Bonchev–Trinajstić information content (AvgIpc) is 3.26. The number of anilines is 1. The fraction of sp³-hybridized carbons (Fsp3) is 0.533. The van der Waals surface area contributed by atoms with Gasteiger partial charge in [-0.3, -0.25) is 43.2 Å². The molecular weight excluding hydrogens is 869 g/mol. The van der Waals surface area contributed by atoms with Crippen LogP contribution in [-0.2, 0) is 56.0 Å². The van der Waals surface area contributed by atoms with Crippen LogP contribution < -0.4 is 65.1 Å². The molecule has 1 fully saturated rings. The summed E-state index contributed by atoms with van der Waals surface area (Å²) in [5.74, 6) is -6.90. The van der Waals surface area contributed by atoms with Crippen molar-refractivity contribution in [1.29, 1.82) is 0 Å². The summed E-state index contributed by atoms with van der Waals surface area (Å²) in [5, 5.41) is 34.1. The van der Waals surface area contributed by atoms with E-state index in [-0.39, 0.29) is 82.9 Å². The van der Waals surface area contributed by atoms with Crippen LogP contribution in [0.4, 0.5) is 5.69 Å². The number of aliphatic hydroxyl groups is 1. The normalized spacial score (nSPS) is 23.5. The summed E-state index contributed by atoms with van der Waals surface area (Å²) < 4.78 is 0. The van der Waals surface area contributed by atoms with Gasteiger partial charge in [-0.1, -0.05) is 56.3 Å². The maximum atomic E-state index is 14.2. The molecule has 22 nitrogen and oxygen atoms in total. The van der Waals surface area contributed by atoms with Gasteiger partial charge >= 0.3 is 0 Å². The van der Waals surface area contributed by atoms with E-state index < -0.39 is 95.7 Å². The lowest BCUT2D eigenvalue weighted by Gasteiger charge is -2.28. The average molecular weight is 937 g/mol. The molecule has 22 heteroatoms. The molecule has 0 aliphatic carbocycles. The van der Waals surface area contributed by atoms with Crippen molar-refractivity contribution in [2.45, 2.75) is 121 Å². The Bertz CT molecular complexity index is 2020. The van der Waals surface area contributed by atoms with Gasteiger partial charge in [0.2, 0.25) is 53.2 Å². The van der Waals surface area contributed by atoms with Crippen LogP contribution in [-0.4, -0.2) is 133 Å². The second-order valence-electron chi connectivity index (χ2n) is 16.8. The van der Waals surface area contributed by atoms with Crippen molar-refractivity contribution in [2.24, 2.45) is 23.1 Å². The van der Waals surface area contributed by atoms with Crippen LogP contribution in [0, 0.1) is 5.92 Å². The van der Waals surface area contributed by atoms with E-state index in [2.05, 4.69) is 47.9 Å². The molecule has 2 aromatic rings. The van der Waals surface area contributed by atoms with E-state index in [1.807, 2.05) is 13.8 Å². The van der Waals surface area contributed by atoms with Crippen molar-refractivity contribution in [2.75, 3.05) is 31.5 Å². The Balaban J connectivity index is 2.09. The van der Waals surface area contributed by atoms with E-state index in [1.165, 1.54) is 13.8 Å². The van der Waals surface area contributed by atoms with Crippen molar-refractivity contribution in [3.8, 4) is 0 Å². The van der Waals surface area contributed by atoms with Crippen LogP contribution in [0.15, 0.2) is 54.6 Å². The number of carbonyl (C=O) groups is 9. The molecule has 368 valence electrons. The second-order valence-corrected chi connectivity index (χ2v) is 16.8. The van der Waals surface area contributed by atoms with Gasteiger partial charge in [-0.25, -0.2) is 0 Å². The Kier molecular flexibility index (Phi) is 22.8. The summed E-state index contributed by atoms with van der Waals surface area (Å²) >= 11 is 0. The lowest BCUT2D eigenvalue weighted by molar-refractivity contribution is -0.136. The van der Waals surface area contributed by atoms with Crippen molar-refractivity contribution in [1.82, 2.24) is 42.5 Å². The highest BCUT2D eigenvalue weighted by Crippen LogP contribution is 2.13.